The number of ether oxygens (including phenoxy) is 1. The Labute approximate surface area is 140 Å². The Balaban J connectivity index is 1.88. The number of carbonyl (C=O) groups is 1. The fourth-order valence-corrected chi connectivity index (χ4v) is 2.80. The molecule has 6 heteroatoms. The third-order valence-corrected chi connectivity index (χ3v) is 4.27. The van der Waals surface area contributed by atoms with E-state index in [2.05, 4.69) is 22.2 Å². The lowest BCUT2D eigenvalue weighted by Crippen LogP contribution is -2.36. The highest BCUT2D eigenvalue weighted by Gasteiger charge is 2.12. The van der Waals surface area contributed by atoms with E-state index in [0.717, 1.165) is 22.0 Å². The molecule has 0 saturated carbocycles. The molecule has 23 heavy (non-hydrogen) atoms. The summed E-state index contributed by atoms with van der Waals surface area (Å²) in [4.78, 5) is 16.4. The maximum absolute atomic E-state index is 12.0. The fourth-order valence-electron chi connectivity index (χ4n) is 2.00. The van der Waals surface area contributed by atoms with Gasteiger partial charge in [0.05, 0.1) is 6.04 Å². The Morgan fingerprint density at radius 2 is 2.26 bits per heavy atom. The van der Waals surface area contributed by atoms with E-state index in [0.29, 0.717) is 13.2 Å². The Bertz CT molecular complexity index is 669. The molecular weight excluding hydrogens is 310 g/mol. The molecular formula is C17H21N3O2S. The first-order valence-electron chi connectivity index (χ1n) is 7.38. The van der Waals surface area contributed by atoms with E-state index < -0.39 is 0 Å². The summed E-state index contributed by atoms with van der Waals surface area (Å²) in [6.45, 7) is 8.31. The highest BCUT2D eigenvalue weighted by atomic mass is 32.1. The quantitative estimate of drug-likeness (QED) is 0.762. The van der Waals surface area contributed by atoms with Gasteiger partial charge in [0, 0.05) is 23.2 Å². The molecule has 0 spiro atoms. The van der Waals surface area contributed by atoms with Gasteiger partial charge in [0.25, 0.3) is 0 Å². The molecule has 1 aromatic heterocycles. The summed E-state index contributed by atoms with van der Waals surface area (Å²) in [5, 5.41) is 8.59. The van der Waals surface area contributed by atoms with Gasteiger partial charge in [-0.25, -0.2) is 9.78 Å². The molecule has 1 heterocycles. The number of nitrogens with one attached hydrogen (secondary N) is 2. The molecule has 2 amide bonds. The van der Waals surface area contributed by atoms with Crippen LogP contribution in [0.5, 0.6) is 5.75 Å². The number of amides is 2. The zero-order chi connectivity index (χ0) is 16.7. The number of aromatic nitrogens is 1. The second-order valence-electron chi connectivity index (χ2n) is 5.08. The predicted molar refractivity (Wildman–Crippen MR) is 92.8 cm³/mol. The molecule has 0 bridgehead atoms. The van der Waals surface area contributed by atoms with Crippen LogP contribution in [-0.2, 0) is 6.54 Å². The van der Waals surface area contributed by atoms with Gasteiger partial charge in [0.15, 0.2) is 0 Å². The number of thiazole rings is 1. The molecule has 5 nitrogen and oxygen atoms in total. The van der Waals surface area contributed by atoms with Crippen molar-refractivity contribution in [2.45, 2.75) is 26.4 Å². The van der Waals surface area contributed by atoms with E-state index in [9.17, 15) is 4.79 Å². The highest BCUT2D eigenvalue weighted by Crippen LogP contribution is 2.18. The molecule has 0 fully saturated rings. The number of carbonyl (C=O) groups excluding carboxylic acids is 1. The molecule has 122 valence electrons. The molecule has 0 saturated heterocycles. The first-order valence-corrected chi connectivity index (χ1v) is 8.26. The van der Waals surface area contributed by atoms with E-state index >= 15 is 0 Å². The lowest BCUT2D eigenvalue weighted by atomic mass is 10.2. The second-order valence-corrected chi connectivity index (χ2v) is 5.97. The van der Waals surface area contributed by atoms with Crippen LogP contribution in [-0.4, -0.2) is 17.6 Å². The van der Waals surface area contributed by atoms with Crippen molar-refractivity contribution in [1.82, 2.24) is 15.6 Å². The summed E-state index contributed by atoms with van der Waals surface area (Å²) in [6, 6.07) is 7.25. The first-order chi connectivity index (χ1) is 11.1. The SMILES string of the molecule is C=CCOc1ccccc1CNC(=O)N[C@H](C)c1nc(C)cs1. The molecule has 2 aromatic rings. The van der Waals surface area contributed by atoms with Crippen molar-refractivity contribution in [1.29, 1.82) is 0 Å². The number of rotatable bonds is 7. The fraction of sp³-hybridized carbons (Fsp3) is 0.294. The Hall–Kier alpha value is -2.34. The molecule has 0 aliphatic carbocycles. The van der Waals surface area contributed by atoms with Gasteiger partial charge in [-0.05, 0) is 19.9 Å². The monoisotopic (exact) mass is 331 g/mol. The zero-order valence-corrected chi connectivity index (χ0v) is 14.2. The van der Waals surface area contributed by atoms with Crippen molar-refractivity contribution >= 4 is 17.4 Å². The maximum atomic E-state index is 12.0. The molecule has 1 aromatic carbocycles. The smallest absolute Gasteiger partial charge is 0.315 e. The zero-order valence-electron chi connectivity index (χ0n) is 13.3. The van der Waals surface area contributed by atoms with Crippen LogP contribution in [0.25, 0.3) is 0 Å². The van der Waals surface area contributed by atoms with Crippen molar-refractivity contribution in [3.63, 3.8) is 0 Å². The normalized spacial score (nSPS) is 11.6. The van der Waals surface area contributed by atoms with Crippen LogP contribution in [0.1, 0.15) is 29.2 Å². The molecule has 0 aliphatic heterocycles. The van der Waals surface area contributed by atoms with Crippen LogP contribution in [0.2, 0.25) is 0 Å². The molecule has 0 radical (unpaired) electrons. The minimum atomic E-state index is -0.233. The third-order valence-electron chi connectivity index (χ3n) is 3.12. The van der Waals surface area contributed by atoms with Gasteiger partial charge in [-0.2, -0.15) is 0 Å². The van der Waals surface area contributed by atoms with Crippen LogP contribution < -0.4 is 15.4 Å². The molecule has 0 aliphatic rings. The maximum Gasteiger partial charge on any atom is 0.315 e. The topological polar surface area (TPSA) is 63.2 Å². The number of hydrogen-bond donors (Lipinski definition) is 2. The standard InChI is InChI=1S/C17H21N3O2S/c1-4-9-22-15-8-6-5-7-14(15)10-18-17(21)20-13(3)16-19-12(2)11-23-16/h4-8,11,13H,1,9-10H2,2-3H3,(H2,18,20,21)/t13-/m1/s1. The Kier molecular flexibility index (Phi) is 6.17. The van der Waals surface area contributed by atoms with Crippen LogP contribution in [0.4, 0.5) is 4.79 Å². The lowest BCUT2D eigenvalue weighted by Gasteiger charge is -2.14. The largest absolute Gasteiger partial charge is 0.489 e. The van der Waals surface area contributed by atoms with Gasteiger partial charge in [-0.15, -0.1) is 11.3 Å². The summed E-state index contributed by atoms with van der Waals surface area (Å²) in [5.74, 6) is 0.747. The lowest BCUT2D eigenvalue weighted by molar-refractivity contribution is 0.237. The number of nitrogens with zero attached hydrogens (tertiary/aromatic N) is 1. The summed E-state index contributed by atoms with van der Waals surface area (Å²) in [6.07, 6.45) is 1.69. The first kappa shape index (κ1) is 17.0. The number of benzene rings is 1. The van der Waals surface area contributed by atoms with E-state index in [1.54, 1.807) is 17.4 Å². The van der Waals surface area contributed by atoms with Crippen molar-refractivity contribution in [2.75, 3.05) is 6.61 Å². The van der Waals surface area contributed by atoms with Gasteiger partial charge in [-0.1, -0.05) is 30.9 Å². The van der Waals surface area contributed by atoms with Gasteiger partial charge < -0.3 is 15.4 Å². The van der Waals surface area contributed by atoms with Crippen molar-refractivity contribution in [3.05, 3.63) is 58.6 Å². The average molecular weight is 331 g/mol. The highest BCUT2D eigenvalue weighted by molar-refractivity contribution is 7.09. The van der Waals surface area contributed by atoms with Crippen LogP contribution in [0.3, 0.4) is 0 Å². The third kappa shape index (κ3) is 5.10. The van der Waals surface area contributed by atoms with Crippen molar-refractivity contribution < 1.29 is 9.53 Å². The van der Waals surface area contributed by atoms with Gasteiger partial charge in [0.2, 0.25) is 0 Å². The van der Waals surface area contributed by atoms with E-state index in [4.69, 9.17) is 4.74 Å². The molecule has 2 rings (SSSR count). The predicted octanol–water partition coefficient (Wildman–Crippen LogP) is 3.58. The number of para-hydroxylation sites is 1. The van der Waals surface area contributed by atoms with Gasteiger partial charge in [0.1, 0.15) is 17.4 Å². The van der Waals surface area contributed by atoms with E-state index in [1.165, 1.54) is 0 Å². The Morgan fingerprint density at radius 1 is 1.48 bits per heavy atom. The van der Waals surface area contributed by atoms with Crippen molar-refractivity contribution in [2.24, 2.45) is 0 Å². The van der Waals surface area contributed by atoms with E-state index in [1.807, 2.05) is 43.5 Å². The molecule has 1 atom stereocenters. The van der Waals surface area contributed by atoms with Crippen molar-refractivity contribution in [3.8, 4) is 5.75 Å². The molecule has 2 N–H and O–H groups in total. The van der Waals surface area contributed by atoms with Crippen LogP contribution >= 0.6 is 11.3 Å². The Morgan fingerprint density at radius 3 is 2.96 bits per heavy atom. The summed E-state index contributed by atoms with van der Waals surface area (Å²) in [7, 11) is 0. The van der Waals surface area contributed by atoms with Crippen LogP contribution in [0, 0.1) is 6.92 Å². The van der Waals surface area contributed by atoms with Gasteiger partial charge in [-0.3, -0.25) is 0 Å². The summed E-state index contributed by atoms with van der Waals surface area (Å²) >= 11 is 1.54. The molecule has 0 unspecified atom stereocenters. The number of urea groups is 1. The summed E-state index contributed by atoms with van der Waals surface area (Å²) in [5.41, 5.74) is 1.88. The summed E-state index contributed by atoms with van der Waals surface area (Å²) < 4.78 is 5.57. The number of hydrogen-bond acceptors (Lipinski definition) is 4. The van der Waals surface area contributed by atoms with E-state index in [-0.39, 0.29) is 12.1 Å². The minimum Gasteiger partial charge on any atom is -0.489 e. The number of aryl methyl sites for hydroxylation is 1. The minimum absolute atomic E-state index is 0.124. The second kappa shape index (κ2) is 8.33. The average Bonchev–Trinajstić information content (AvgIpc) is 2.98. The van der Waals surface area contributed by atoms with Gasteiger partial charge >= 0.3 is 6.03 Å². The van der Waals surface area contributed by atoms with Crippen LogP contribution in [0.15, 0.2) is 42.3 Å².